The van der Waals surface area contributed by atoms with Gasteiger partial charge in [-0.15, -0.1) is 0 Å². The van der Waals surface area contributed by atoms with E-state index in [-0.39, 0.29) is 11.6 Å². The smallest absolute Gasteiger partial charge is 0.337 e. The SMILES string of the molecule is COC(=O)c1ccc(CNC(=O)c2cc(OCc3ccc(-c4ccccc4)cc3)c3ccccc3n2)cc1. The van der Waals surface area contributed by atoms with Gasteiger partial charge in [-0.2, -0.15) is 0 Å². The van der Waals surface area contributed by atoms with E-state index in [4.69, 9.17) is 9.47 Å². The number of methoxy groups -OCH3 is 1. The van der Waals surface area contributed by atoms with Gasteiger partial charge in [0.1, 0.15) is 18.1 Å². The van der Waals surface area contributed by atoms with Crippen LogP contribution in [0.25, 0.3) is 22.0 Å². The lowest BCUT2D eigenvalue weighted by Crippen LogP contribution is -2.24. The average Bonchev–Trinajstić information content (AvgIpc) is 2.99. The molecule has 0 aliphatic heterocycles. The van der Waals surface area contributed by atoms with Crippen molar-refractivity contribution in [3.63, 3.8) is 0 Å². The second-order valence-electron chi connectivity index (χ2n) is 8.75. The quantitative estimate of drug-likeness (QED) is 0.256. The molecule has 0 aliphatic rings. The molecule has 188 valence electrons. The van der Waals surface area contributed by atoms with Crippen molar-refractivity contribution in [3.05, 3.63) is 132 Å². The number of rotatable bonds is 8. The van der Waals surface area contributed by atoms with Crippen molar-refractivity contribution in [2.45, 2.75) is 13.2 Å². The second-order valence-corrected chi connectivity index (χ2v) is 8.75. The summed E-state index contributed by atoms with van der Waals surface area (Å²) >= 11 is 0. The third-order valence-electron chi connectivity index (χ3n) is 6.19. The molecule has 0 aliphatic carbocycles. The fraction of sp³-hybridized carbons (Fsp3) is 0.0938. The highest BCUT2D eigenvalue weighted by Gasteiger charge is 2.14. The lowest BCUT2D eigenvalue weighted by molar-refractivity contribution is 0.0600. The standard InChI is InChI=1S/C32H26N2O4/c1-37-32(36)26-17-11-22(12-18-26)20-33-31(35)29-19-30(27-9-5-6-10-28(27)34-29)38-21-23-13-15-25(16-14-23)24-7-3-2-4-8-24/h2-19H,20-21H2,1H3,(H,33,35). The van der Waals surface area contributed by atoms with Crippen LogP contribution in [-0.4, -0.2) is 24.0 Å². The largest absolute Gasteiger partial charge is 0.488 e. The Kier molecular flexibility index (Phi) is 7.41. The molecular weight excluding hydrogens is 476 g/mol. The maximum Gasteiger partial charge on any atom is 0.337 e. The Balaban J connectivity index is 1.29. The number of para-hydroxylation sites is 1. The molecule has 6 heteroatoms. The number of nitrogens with one attached hydrogen (secondary N) is 1. The summed E-state index contributed by atoms with van der Waals surface area (Å²) in [5.41, 5.74) is 5.57. The van der Waals surface area contributed by atoms with Crippen LogP contribution in [0, 0.1) is 0 Å². The molecule has 0 saturated heterocycles. The molecule has 0 atom stereocenters. The molecule has 1 amide bonds. The summed E-state index contributed by atoms with van der Waals surface area (Å²) in [5, 5.41) is 3.73. The van der Waals surface area contributed by atoms with Crippen LogP contribution in [0.2, 0.25) is 0 Å². The normalized spacial score (nSPS) is 10.7. The summed E-state index contributed by atoms with van der Waals surface area (Å²) < 4.78 is 10.9. The van der Waals surface area contributed by atoms with Gasteiger partial charge in [0.15, 0.2) is 0 Å². The van der Waals surface area contributed by atoms with Crippen LogP contribution < -0.4 is 10.1 Å². The maximum atomic E-state index is 13.0. The zero-order chi connectivity index (χ0) is 26.3. The molecule has 0 bridgehead atoms. The van der Waals surface area contributed by atoms with Crippen LogP contribution in [-0.2, 0) is 17.9 Å². The van der Waals surface area contributed by atoms with Crippen LogP contribution in [0.15, 0.2) is 109 Å². The predicted octanol–water partition coefficient (Wildman–Crippen LogP) is 6.20. The lowest BCUT2D eigenvalue weighted by Gasteiger charge is -2.12. The van der Waals surface area contributed by atoms with Crippen molar-refractivity contribution in [3.8, 4) is 16.9 Å². The highest BCUT2D eigenvalue weighted by Crippen LogP contribution is 2.27. The fourth-order valence-electron chi connectivity index (χ4n) is 4.11. The molecular formula is C32H26N2O4. The van der Waals surface area contributed by atoms with Gasteiger partial charge in [0.05, 0.1) is 18.2 Å². The summed E-state index contributed by atoms with van der Waals surface area (Å²) in [7, 11) is 1.34. The summed E-state index contributed by atoms with van der Waals surface area (Å²) in [4.78, 5) is 29.1. The summed E-state index contributed by atoms with van der Waals surface area (Å²) in [6.07, 6.45) is 0. The summed E-state index contributed by atoms with van der Waals surface area (Å²) in [6, 6.07) is 34.6. The highest BCUT2D eigenvalue weighted by molar-refractivity contribution is 5.97. The number of pyridine rings is 1. The van der Waals surface area contributed by atoms with Gasteiger partial charge < -0.3 is 14.8 Å². The molecule has 1 aromatic heterocycles. The molecule has 6 nitrogen and oxygen atoms in total. The van der Waals surface area contributed by atoms with Crippen molar-refractivity contribution in [1.29, 1.82) is 0 Å². The number of hydrogen-bond acceptors (Lipinski definition) is 5. The minimum absolute atomic E-state index is 0.268. The molecule has 0 spiro atoms. The van der Waals surface area contributed by atoms with Gasteiger partial charge in [-0.3, -0.25) is 4.79 Å². The van der Waals surface area contributed by atoms with E-state index in [0.717, 1.165) is 27.6 Å². The number of carbonyl (C=O) groups is 2. The van der Waals surface area contributed by atoms with E-state index in [1.54, 1.807) is 30.3 Å². The van der Waals surface area contributed by atoms with Gasteiger partial charge >= 0.3 is 5.97 Å². The minimum Gasteiger partial charge on any atom is -0.488 e. The van der Waals surface area contributed by atoms with Gasteiger partial charge in [-0.1, -0.05) is 78.9 Å². The number of benzene rings is 4. The Morgan fingerprint density at radius 1 is 0.763 bits per heavy atom. The number of nitrogens with zero attached hydrogens (tertiary/aromatic N) is 1. The number of fused-ring (bicyclic) bond motifs is 1. The number of hydrogen-bond donors (Lipinski definition) is 1. The third-order valence-corrected chi connectivity index (χ3v) is 6.19. The topological polar surface area (TPSA) is 77.5 Å². The van der Waals surface area contributed by atoms with Crippen molar-refractivity contribution in [2.75, 3.05) is 7.11 Å². The molecule has 0 saturated carbocycles. The van der Waals surface area contributed by atoms with Crippen LogP contribution in [0.5, 0.6) is 5.75 Å². The highest BCUT2D eigenvalue weighted by atomic mass is 16.5. The molecule has 4 aromatic carbocycles. The predicted molar refractivity (Wildman–Crippen MR) is 147 cm³/mol. The van der Waals surface area contributed by atoms with Crippen molar-refractivity contribution >= 4 is 22.8 Å². The number of carbonyl (C=O) groups excluding carboxylic acids is 2. The fourth-order valence-corrected chi connectivity index (χ4v) is 4.11. The van der Waals surface area contributed by atoms with E-state index < -0.39 is 5.97 Å². The van der Waals surface area contributed by atoms with Gasteiger partial charge in [0.2, 0.25) is 0 Å². The molecule has 1 N–H and O–H groups in total. The van der Waals surface area contributed by atoms with E-state index in [1.807, 2.05) is 54.6 Å². The molecule has 1 heterocycles. The first kappa shape index (κ1) is 24.7. The Labute approximate surface area is 220 Å². The number of ether oxygens (including phenoxy) is 2. The van der Waals surface area contributed by atoms with Crippen molar-refractivity contribution in [1.82, 2.24) is 10.3 Å². The molecule has 5 aromatic rings. The molecule has 0 radical (unpaired) electrons. The van der Waals surface area contributed by atoms with Crippen LogP contribution in [0.3, 0.4) is 0 Å². The Bertz CT molecular complexity index is 1560. The lowest BCUT2D eigenvalue weighted by atomic mass is 10.0. The Morgan fingerprint density at radius 2 is 1.42 bits per heavy atom. The van der Waals surface area contributed by atoms with Crippen LogP contribution in [0.1, 0.15) is 32.0 Å². The zero-order valence-electron chi connectivity index (χ0n) is 20.9. The van der Waals surface area contributed by atoms with E-state index in [9.17, 15) is 9.59 Å². The van der Waals surface area contributed by atoms with Crippen molar-refractivity contribution < 1.29 is 19.1 Å². The number of aromatic nitrogens is 1. The van der Waals surface area contributed by atoms with Gasteiger partial charge in [-0.25, -0.2) is 9.78 Å². The van der Waals surface area contributed by atoms with E-state index >= 15 is 0 Å². The number of amides is 1. The first-order chi connectivity index (χ1) is 18.6. The van der Waals surface area contributed by atoms with Crippen LogP contribution >= 0.6 is 0 Å². The molecule has 0 unspecified atom stereocenters. The minimum atomic E-state index is -0.402. The molecule has 0 fully saturated rings. The number of esters is 1. The van der Waals surface area contributed by atoms with Gasteiger partial charge in [0.25, 0.3) is 5.91 Å². The Morgan fingerprint density at radius 3 is 2.16 bits per heavy atom. The first-order valence-electron chi connectivity index (χ1n) is 12.2. The van der Waals surface area contributed by atoms with Gasteiger partial charge in [0, 0.05) is 18.0 Å². The third kappa shape index (κ3) is 5.71. The van der Waals surface area contributed by atoms with E-state index in [2.05, 4.69) is 34.6 Å². The van der Waals surface area contributed by atoms with E-state index in [0.29, 0.717) is 30.0 Å². The van der Waals surface area contributed by atoms with E-state index in [1.165, 1.54) is 7.11 Å². The van der Waals surface area contributed by atoms with Crippen molar-refractivity contribution in [2.24, 2.45) is 0 Å². The average molecular weight is 503 g/mol. The zero-order valence-corrected chi connectivity index (χ0v) is 20.9. The molecule has 38 heavy (non-hydrogen) atoms. The maximum absolute atomic E-state index is 13.0. The van der Waals surface area contributed by atoms with Gasteiger partial charge in [-0.05, 0) is 46.5 Å². The Hall–Kier alpha value is -4.97. The second kappa shape index (κ2) is 11.4. The summed E-state index contributed by atoms with van der Waals surface area (Å²) in [5.74, 6) is -0.124. The molecule has 5 rings (SSSR count). The first-order valence-corrected chi connectivity index (χ1v) is 12.2. The monoisotopic (exact) mass is 502 g/mol. The van der Waals surface area contributed by atoms with Crippen LogP contribution in [0.4, 0.5) is 0 Å². The summed E-state index contributed by atoms with van der Waals surface area (Å²) in [6.45, 7) is 0.648.